The van der Waals surface area contributed by atoms with E-state index < -0.39 is 0 Å². The number of H-pyrrole nitrogens is 1. The number of rotatable bonds is 3. The van der Waals surface area contributed by atoms with Crippen LogP contribution in [0.15, 0.2) is 48.5 Å². The van der Waals surface area contributed by atoms with Crippen molar-refractivity contribution in [1.82, 2.24) is 9.97 Å². The predicted octanol–water partition coefficient (Wildman–Crippen LogP) is 4.72. The second kappa shape index (κ2) is 6.35. The van der Waals surface area contributed by atoms with Crippen molar-refractivity contribution in [3.8, 4) is 11.4 Å². The van der Waals surface area contributed by atoms with E-state index in [2.05, 4.69) is 15.3 Å². The molecule has 24 heavy (non-hydrogen) atoms. The van der Waals surface area contributed by atoms with Gasteiger partial charge in [0.2, 0.25) is 0 Å². The van der Waals surface area contributed by atoms with Crippen LogP contribution in [0.4, 0.5) is 10.5 Å². The Bertz CT molecular complexity index is 851. The average Bonchev–Trinajstić information content (AvgIpc) is 3.24. The maximum atomic E-state index is 12.0. The number of hydrogen-bond acceptors (Lipinski definition) is 3. The SMILES string of the molecule is O=C(Nc1ccc2[nH]c(-c3ccccc3)nc2c1)OC1CCCC1. The van der Waals surface area contributed by atoms with Crippen molar-refractivity contribution in [2.24, 2.45) is 0 Å². The summed E-state index contributed by atoms with van der Waals surface area (Å²) in [5.74, 6) is 0.816. The summed E-state index contributed by atoms with van der Waals surface area (Å²) in [4.78, 5) is 19.9. The molecule has 5 nitrogen and oxygen atoms in total. The highest BCUT2D eigenvalue weighted by Crippen LogP contribution is 2.24. The topological polar surface area (TPSA) is 67.0 Å². The van der Waals surface area contributed by atoms with E-state index in [1.807, 2.05) is 48.5 Å². The fourth-order valence-electron chi connectivity index (χ4n) is 3.12. The van der Waals surface area contributed by atoms with Gasteiger partial charge in [-0.25, -0.2) is 9.78 Å². The largest absolute Gasteiger partial charge is 0.446 e. The highest BCUT2D eigenvalue weighted by atomic mass is 16.6. The fourth-order valence-corrected chi connectivity index (χ4v) is 3.12. The van der Waals surface area contributed by atoms with Gasteiger partial charge in [-0.2, -0.15) is 0 Å². The first-order valence-corrected chi connectivity index (χ1v) is 8.31. The van der Waals surface area contributed by atoms with Gasteiger partial charge in [0.15, 0.2) is 0 Å². The molecule has 0 bridgehead atoms. The van der Waals surface area contributed by atoms with Crippen LogP contribution in [-0.2, 0) is 4.74 Å². The molecule has 1 aromatic heterocycles. The quantitative estimate of drug-likeness (QED) is 0.733. The molecule has 0 unspecified atom stereocenters. The molecule has 5 heteroatoms. The Morgan fingerprint density at radius 3 is 2.71 bits per heavy atom. The summed E-state index contributed by atoms with van der Waals surface area (Å²) in [7, 11) is 0. The van der Waals surface area contributed by atoms with Gasteiger partial charge in [0.1, 0.15) is 11.9 Å². The molecule has 122 valence electrons. The summed E-state index contributed by atoms with van der Waals surface area (Å²) in [6.45, 7) is 0. The molecule has 2 N–H and O–H groups in total. The number of hydrogen-bond donors (Lipinski definition) is 2. The summed E-state index contributed by atoms with van der Waals surface area (Å²) in [6, 6.07) is 15.6. The minimum Gasteiger partial charge on any atom is -0.446 e. The monoisotopic (exact) mass is 321 g/mol. The van der Waals surface area contributed by atoms with Crippen molar-refractivity contribution in [3.63, 3.8) is 0 Å². The van der Waals surface area contributed by atoms with Crippen LogP contribution in [-0.4, -0.2) is 22.2 Å². The molecule has 2 aromatic carbocycles. The van der Waals surface area contributed by atoms with Gasteiger partial charge < -0.3 is 9.72 Å². The van der Waals surface area contributed by atoms with Gasteiger partial charge in [-0.05, 0) is 43.9 Å². The summed E-state index contributed by atoms with van der Waals surface area (Å²) in [5, 5.41) is 2.79. The van der Waals surface area contributed by atoms with Crippen LogP contribution in [0.2, 0.25) is 0 Å². The molecule has 4 rings (SSSR count). The van der Waals surface area contributed by atoms with Gasteiger partial charge in [-0.1, -0.05) is 30.3 Å². The first-order chi connectivity index (χ1) is 11.8. The standard InChI is InChI=1S/C19H19N3O2/c23-19(24-15-8-4-5-9-15)20-14-10-11-16-17(12-14)22-18(21-16)13-6-2-1-3-7-13/h1-3,6-7,10-12,15H,4-5,8-9H2,(H,20,23)(H,21,22). The number of carbonyl (C=O) groups is 1. The minimum absolute atomic E-state index is 0.0591. The normalized spacial score (nSPS) is 14.8. The molecule has 0 saturated heterocycles. The van der Waals surface area contributed by atoms with Crippen LogP contribution in [0.1, 0.15) is 25.7 Å². The first kappa shape index (κ1) is 14.8. The summed E-state index contributed by atoms with van der Waals surface area (Å²) in [6.07, 6.45) is 3.88. The van der Waals surface area contributed by atoms with Gasteiger partial charge in [-0.15, -0.1) is 0 Å². The highest BCUT2D eigenvalue weighted by Gasteiger charge is 2.19. The molecule has 0 spiro atoms. The molecule has 1 amide bonds. The van der Waals surface area contributed by atoms with E-state index in [0.717, 1.165) is 48.1 Å². The molecule has 1 saturated carbocycles. The maximum Gasteiger partial charge on any atom is 0.411 e. The van der Waals surface area contributed by atoms with Gasteiger partial charge in [0, 0.05) is 11.3 Å². The number of carbonyl (C=O) groups excluding carboxylic acids is 1. The number of ether oxygens (including phenoxy) is 1. The number of fused-ring (bicyclic) bond motifs is 1. The van der Waals surface area contributed by atoms with E-state index in [-0.39, 0.29) is 12.2 Å². The fraction of sp³-hybridized carbons (Fsp3) is 0.263. The third kappa shape index (κ3) is 3.11. The smallest absolute Gasteiger partial charge is 0.411 e. The van der Waals surface area contributed by atoms with Gasteiger partial charge >= 0.3 is 6.09 Å². The van der Waals surface area contributed by atoms with Crippen LogP contribution in [0.3, 0.4) is 0 Å². The summed E-state index contributed by atoms with van der Waals surface area (Å²) in [5.41, 5.74) is 3.47. The third-order valence-electron chi connectivity index (χ3n) is 4.35. The zero-order valence-corrected chi connectivity index (χ0v) is 13.3. The molecule has 1 aliphatic rings. The van der Waals surface area contributed by atoms with Crippen molar-refractivity contribution in [3.05, 3.63) is 48.5 Å². The number of aromatic amines is 1. The summed E-state index contributed by atoms with van der Waals surface area (Å²) < 4.78 is 5.42. The van der Waals surface area contributed by atoms with Gasteiger partial charge in [-0.3, -0.25) is 5.32 Å². The van der Waals surface area contributed by atoms with E-state index in [9.17, 15) is 4.79 Å². The van der Waals surface area contributed by atoms with E-state index in [0.29, 0.717) is 5.69 Å². The number of anilines is 1. The van der Waals surface area contributed by atoms with Crippen molar-refractivity contribution in [2.75, 3.05) is 5.32 Å². The number of aromatic nitrogens is 2. The zero-order chi connectivity index (χ0) is 16.4. The van der Waals surface area contributed by atoms with Crippen LogP contribution < -0.4 is 5.32 Å². The van der Waals surface area contributed by atoms with Gasteiger partial charge in [0.25, 0.3) is 0 Å². The number of imidazole rings is 1. The zero-order valence-electron chi connectivity index (χ0n) is 13.3. The predicted molar refractivity (Wildman–Crippen MR) is 93.9 cm³/mol. The third-order valence-corrected chi connectivity index (χ3v) is 4.35. The number of nitrogens with one attached hydrogen (secondary N) is 2. The lowest BCUT2D eigenvalue weighted by Crippen LogP contribution is -2.20. The Balaban J connectivity index is 1.51. The lowest BCUT2D eigenvalue weighted by Gasteiger charge is -2.12. The van der Waals surface area contributed by atoms with Crippen molar-refractivity contribution < 1.29 is 9.53 Å². The average molecular weight is 321 g/mol. The van der Waals surface area contributed by atoms with Crippen molar-refractivity contribution in [1.29, 1.82) is 0 Å². The van der Waals surface area contributed by atoms with Crippen LogP contribution in [0, 0.1) is 0 Å². The van der Waals surface area contributed by atoms with E-state index in [1.54, 1.807) is 0 Å². The Morgan fingerprint density at radius 1 is 1.12 bits per heavy atom. The Hall–Kier alpha value is -2.82. The van der Waals surface area contributed by atoms with E-state index >= 15 is 0 Å². The first-order valence-electron chi connectivity index (χ1n) is 8.31. The molecule has 3 aromatic rings. The number of benzene rings is 2. The molecule has 0 atom stereocenters. The Labute approximate surface area is 140 Å². The van der Waals surface area contributed by atoms with Crippen LogP contribution in [0.25, 0.3) is 22.4 Å². The maximum absolute atomic E-state index is 12.0. The van der Waals surface area contributed by atoms with Crippen molar-refractivity contribution in [2.45, 2.75) is 31.8 Å². The summed E-state index contributed by atoms with van der Waals surface area (Å²) >= 11 is 0. The van der Waals surface area contributed by atoms with Crippen LogP contribution >= 0.6 is 0 Å². The molecule has 1 heterocycles. The lowest BCUT2D eigenvalue weighted by molar-refractivity contribution is 0.114. The van der Waals surface area contributed by atoms with Crippen LogP contribution in [0.5, 0.6) is 0 Å². The second-order valence-corrected chi connectivity index (χ2v) is 6.12. The Kier molecular flexibility index (Phi) is 3.91. The molecule has 0 radical (unpaired) electrons. The van der Waals surface area contributed by atoms with Crippen molar-refractivity contribution >= 4 is 22.8 Å². The number of nitrogens with zero attached hydrogens (tertiary/aromatic N) is 1. The van der Waals surface area contributed by atoms with E-state index in [4.69, 9.17) is 4.74 Å². The minimum atomic E-state index is -0.389. The highest BCUT2D eigenvalue weighted by molar-refractivity contribution is 5.89. The molecule has 0 aliphatic heterocycles. The van der Waals surface area contributed by atoms with E-state index in [1.165, 1.54) is 0 Å². The molecule has 1 aliphatic carbocycles. The van der Waals surface area contributed by atoms with Gasteiger partial charge in [0.05, 0.1) is 11.0 Å². The lowest BCUT2D eigenvalue weighted by atomic mass is 10.2. The molecular formula is C19H19N3O2. The Morgan fingerprint density at radius 2 is 1.92 bits per heavy atom. The number of amides is 1. The molecular weight excluding hydrogens is 302 g/mol. The molecule has 1 fully saturated rings. The second-order valence-electron chi connectivity index (χ2n) is 6.12.